The van der Waals surface area contributed by atoms with Crippen molar-refractivity contribution in [1.29, 1.82) is 0 Å². The molecule has 1 saturated heterocycles. The third kappa shape index (κ3) is 2.09. The largest absolute Gasteiger partial charge is 0.337 e. The highest BCUT2D eigenvalue weighted by Gasteiger charge is 2.27. The Morgan fingerprint density at radius 1 is 1.62 bits per heavy atom. The Morgan fingerprint density at radius 2 is 2.38 bits per heavy atom. The van der Waals surface area contributed by atoms with Crippen molar-refractivity contribution in [1.82, 2.24) is 14.7 Å². The maximum absolute atomic E-state index is 11.6. The van der Waals surface area contributed by atoms with E-state index in [9.17, 15) is 4.79 Å². The summed E-state index contributed by atoms with van der Waals surface area (Å²) >= 11 is 0. The van der Waals surface area contributed by atoms with E-state index in [4.69, 9.17) is 5.73 Å². The number of amides is 1. The molecule has 1 aliphatic heterocycles. The zero-order valence-corrected chi connectivity index (χ0v) is 9.81. The van der Waals surface area contributed by atoms with Crippen molar-refractivity contribution in [3.05, 3.63) is 17.5 Å². The quantitative estimate of drug-likeness (QED) is 0.785. The third-order valence-electron chi connectivity index (χ3n) is 2.93. The molecule has 5 heteroatoms. The van der Waals surface area contributed by atoms with Crippen molar-refractivity contribution >= 4 is 5.91 Å². The number of nitrogens with zero attached hydrogens (tertiary/aromatic N) is 3. The summed E-state index contributed by atoms with van der Waals surface area (Å²) in [7, 11) is 1.90. The summed E-state index contributed by atoms with van der Waals surface area (Å²) in [6.07, 6.45) is 3.35. The summed E-state index contributed by atoms with van der Waals surface area (Å²) < 4.78 is 1.80. The molecule has 0 aromatic carbocycles. The lowest BCUT2D eigenvalue weighted by Gasteiger charge is -2.15. The first-order valence-corrected chi connectivity index (χ1v) is 5.65. The van der Waals surface area contributed by atoms with Crippen LogP contribution in [0.4, 0.5) is 0 Å². The Kier molecular flexibility index (Phi) is 2.96. The van der Waals surface area contributed by atoms with Crippen molar-refractivity contribution in [2.75, 3.05) is 6.54 Å². The topological polar surface area (TPSA) is 64.2 Å². The minimum Gasteiger partial charge on any atom is -0.337 e. The minimum atomic E-state index is -0.00533. The first-order valence-electron chi connectivity index (χ1n) is 5.65. The Balaban J connectivity index is 2.11. The van der Waals surface area contributed by atoms with Crippen LogP contribution in [0.3, 0.4) is 0 Å². The molecule has 2 heterocycles. The van der Waals surface area contributed by atoms with Crippen LogP contribution in [0.15, 0.2) is 6.20 Å². The molecule has 1 unspecified atom stereocenters. The lowest BCUT2D eigenvalue weighted by atomic mass is 10.2. The molecule has 1 aromatic rings. The van der Waals surface area contributed by atoms with Gasteiger partial charge in [-0.05, 0) is 6.42 Å². The first kappa shape index (κ1) is 11.1. The predicted molar refractivity (Wildman–Crippen MR) is 60.6 cm³/mol. The summed E-state index contributed by atoms with van der Waals surface area (Å²) in [5.74, 6) is 0.151. The van der Waals surface area contributed by atoms with Crippen LogP contribution in [-0.2, 0) is 24.8 Å². The zero-order valence-electron chi connectivity index (χ0n) is 9.81. The molecule has 1 aromatic heterocycles. The van der Waals surface area contributed by atoms with Crippen LogP contribution in [-0.4, -0.2) is 33.2 Å². The lowest BCUT2D eigenvalue weighted by molar-refractivity contribution is -0.128. The standard InChI is InChI=1S/C11H18N4O/c1-3-10-8(5-14(2)13-10)6-15-7-9(12)4-11(15)16/h5,9H,3-4,6-7,12H2,1-2H3. The van der Waals surface area contributed by atoms with Gasteiger partial charge in [0.1, 0.15) is 0 Å². The molecule has 1 fully saturated rings. The van der Waals surface area contributed by atoms with Crippen LogP contribution >= 0.6 is 0 Å². The zero-order chi connectivity index (χ0) is 11.7. The molecular weight excluding hydrogens is 204 g/mol. The average Bonchev–Trinajstić information content (AvgIpc) is 2.71. The molecule has 1 atom stereocenters. The van der Waals surface area contributed by atoms with Gasteiger partial charge in [-0.1, -0.05) is 6.92 Å². The maximum Gasteiger partial charge on any atom is 0.224 e. The van der Waals surface area contributed by atoms with E-state index >= 15 is 0 Å². The monoisotopic (exact) mass is 222 g/mol. The number of nitrogens with two attached hydrogens (primary N) is 1. The van der Waals surface area contributed by atoms with E-state index in [1.165, 1.54) is 0 Å². The third-order valence-corrected chi connectivity index (χ3v) is 2.93. The number of aryl methyl sites for hydroxylation is 2. The van der Waals surface area contributed by atoms with Crippen molar-refractivity contribution in [2.45, 2.75) is 32.4 Å². The van der Waals surface area contributed by atoms with Crippen molar-refractivity contribution in [2.24, 2.45) is 12.8 Å². The molecule has 88 valence electrons. The second kappa shape index (κ2) is 4.25. The number of aromatic nitrogens is 2. The van der Waals surface area contributed by atoms with Gasteiger partial charge in [-0.2, -0.15) is 5.10 Å². The van der Waals surface area contributed by atoms with E-state index in [1.807, 2.05) is 18.1 Å². The first-order chi connectivity index (χ1) is 7.60. The van der Waals surface area contributed by atoms with Crippen LogP contribution < -0.4 is 5.73 Å². The Hall–Kier alpha value is -1.36. The smallest absolute Gasteiger partial charge is 0.224 e. The summed E-state index contributed by atoms with van der Waals surface area (Å²) in [5, 5.41) is 4.36. The summed E-state index contributed by atoms with van der Waals surface area (Å²) in [6.45, 7) is 3.38. The SMILES string of the molecule is CCc1nn(C)cc1CN1CC(N)CC1=O. The van der Waals surface area contributed by atoms with Crippen molar-refractivity contribution in [3.63, 3.8) is 0 Å². The number of hydrogen-bond acceptors (Lipinski definition) is 3. The molecule has 1 amide bonds. The van der Waals surface area contributed by atoms with Crippen LogP contribution in [0.5, 0.6) is 0 Å². The molecule has 16 heavy (non-hydrogen) atoms. The van der Waals surface area contributed by atoms with Crippen molar-refractivity contribution in [3.8, 4) is 0 Å². The van der Waals surface area contributed by atoms with Gasteiger partial charge in [-0.15, -0.1) is 0 Å². The molecule has 0 radical (unpaired) electrons. The number of hydrogen-bond donors (Lipinski definition) is 1. The highest BCUT2D eigenvalue weighted by Crippen LogP contribution is 2.16. The van der Waals surface area contributed by atoms with E-state index in [0.717, 1.165) is 17.7 Å². The van der Waals surface area contributed by atoms with E-state index < -0.39 is 0 Å². The second-order valence-electron chi connectivity index (χ2n) is 4.37. The Labute approximate surface area is 95.2 Å². The lowest BCUT2D eigenvalue weighted by Crippen LogP contribution is -2.28. The van der Waals surface area contributed by atoms with Gasteiger partial charge in [0, 0.05) is 44.4 Å². The van der Waals surface area contributed by atoms with Gasteiger partial charge in [0.2, 0.25) is 5.91 Å². The number of likely N-dealkylation sites (tertiary alicyclic amines) is 1. The molecule has 2 rings (SSSR count). The predicted octanol–water partition coefficient (Wildman–Crippen LogP) is 0.0421. The minimum absolute atomic E-state index is 0.00533. The molecule has 1 aliphatic rings. The van der Waals surface area contributed by atoms with E-state index in [2.05, 4.69) is 12.0 Å². The Morgan fingerprint density at radius 3 is 2.94 bits per heavy atom. The summed E-state index contributed by atoms with van der Waals surface area (Å²) in [6, 6.07) is -0.00533. The number of carbonyl (C=O) groups is 1. The number of rotatable bonds is 3. The van der Waals surface area contributed by atoms with Crippen LogP contribution in [0.2, 0.25) is 0 Å². The summed E-state index contributed by atoms with van der Waals surface area (Å²) in [4.78, 5) is 13.4. The normalized spacial score (nSPS) is 20.8. The van der Waals surface area contributed by atoms with Gasteiger partial charge in [-0.25, -0.2) is 0 Å². The van der Waals surface area contributed by atoms with E-state index in [1.54, 1.807) is 4.68 Å². The molecule has 0 spiro atoms. The van der Waals surface area contributed by atoms with Gasteiger partial charge >= 0.3 is 0 Å². The molecule has 5 nitrogen and oxygen atoms in total. The molecule has 0 bridgehead atoms. The molecule has 0 saturated carbocycles. The average molecular weight is 222 g/mol. The van der Waals surface area contributed by atoms with Gasteiger partial charge in [-0.3, -0.25) is 9.48 Å². The van der Waals surface area contributed by atoms with E-state index in [-0.39, 0.29) is 11.9 Å². The van der Waals surface area contributed by atoms with Crippen LogP contribution in [0, 0.1) is 0 Å². The number of carbonyl (C=O) groups excluding carboxylic acids is 1. The fraction of sp³-hybridized carbons (Fsp3) is 0.636. The van der Waals surface area contributed by atoms with Crippen LogP contribution in [0.25, 0.3) is 0 Å². The fourth-order valence-corrected chi connectivity index (χ4v) is 2.17. The van der Waals surface area contributed by atoms with Crippen molar-refractivity contribution < 1.29 is 4.79 Å². The van der Waals surface area contributed by atoms with Gasteiger partial charge < -0.3 is 10.6 Å². The van der Waals surface area contributed by atoms with Crippen LogP contribution in [0.1, 0.15) is 24.6 Å². The Bertz CT molecular complexity index is 399. The second-order valence-corrected chi connectivity index (χ2v) is 4.37. The van der Waals surface area contributed by atoms with E-state index in [0.29, 0.717) is 19.5 Å². The molecular formula is C11H18N4O. The highest BCUT2D eigenvalue weighted by atomic mass is 16.2. The fourth-order valence-electron chi connectivity index (χ4n) is 2.17. The highest BCUT2D eigenvalue weighted by molar-refractivity contribution is 5.79. The van der Waals surface area contributed by atoms with Gasteiger partial charge in [0.15, 0.2) is 0 Å². The summed E-state index contributed by atoms with van der Waals surface area (Å²) in [5.41, 5.74) is 7.96. The molecule has 2 N–H and O–H groups in total. The maximum atomic E-state index is 11.6. The van der Waals surface area contributed by atoms with Gasteiger partial charge in [0.25, 0.3) is 0 Å². The van der Waals surface area contributed by atoms with Gasteiger partial charge in [0.05, 0.1) is 5.69 Å². The molecule has 0 aliphatic carbocycles.